The lowest BCUT2D eigenvalue weighted by Gasteiger charge is -2.39. The minimum absolute atomic E-state index is 0.0903. The van der Waals surface area contributed by atoms with E-state index < -0.39 is 18.1 Å². The van der Waals surface area contributed by atoms with Crippen molar-refractivity contribution < 1.29 is 19.1 Å². The van der Waals surface area contributed by atoms with E-state index in [0.29, 0.717) is 6.42 Å². The summed E-state index contributed by atoms with van der Waals surface area (Å²) in [6, 6.07) is 6.46. The van der Waals surface area contributed by atoms with Gasteiger partial charge in [-0.3, -0.25) is 4.79 Å². The Bertz CT molecular complexity index is 1050. The number of carbonyl (C=O) groups is 3. The third-order valence-corrected chi connectivity index (χ3v) is 7.32. The van der Waals surface area contributed by atoms with E-state index in [2.05, 4.69) is 29.5 Å². The molecule has 1 saturated heterocycles. The molecule has 1 unspecified atom stereocenters. The summed E-state index contributed by atoms with van der Waals surface area (Å²) < 4.78 is 5.01. The molecule has 1 saturated carbocycles. The number of H-pyrrole nitrogens is 1. The summed E-state index contributed by atoms with van der Waals surface area (Å²) >= 11 is 0. The van der Waals surface area contributed by atoms with Crippen molar-refractivity contribution >= 4 is 28.8 Å². The van der Waals surface area contributed by atoms with Gasteiger partial charge in [0, 0.05) is 35.1 Å². The van der Waals surface area contributed by atoms with Crippen LogP contribution < -0.4 is 10.6 Å². The van der Waals surface area contributed by atoms with Crippen molar-refractivity contribution in [2.24, 2.45) is 5.92 Å². The Labute approximate surface area is 200 Å². The highest BCUT2D eigenvalue weighted by Gasteiger charge is 2.41. The molecule has 4 rings (SSSR count). The number of hydrogen-bond acceptors (Lipinski definition) is 4. The summed E-state index contributed by atoms with van der Waals surface area (Å²) in [5.74, 6) is -0.745. The maximum absolute atomic E-state index is 13.4. The van der Waals surface area contributed by atoms with Crippen LogP contribution in [0.25, 0.3) is 10.9 Å². The number of methoxy groups -OCH3 is 1. The second-order valence-electron chi connectivity index (χ2n) is 9.86. The molecule has 184 valence electrons. The Morgan fingerprint density at radius 2 is 1.76 bits per heavy atom. The average molecular weight is 469 g/mol. The van der Waals surface area contributed by atoms with Crippen molar-refractivity contribution in [2.75, 3.05) is 7.11 Å². The van der Waals surface area contributed by atoms with Crippen LogP contribution in [0, 0.1) is 12.8 Å². The number of nitrogens with one attached hydrogen (secondary N) is 3. The molecule has 1 aromatic heterocycles. The number of esters is 1. The predicted octanol–water partition coefficient (Wildman–Crippen LogP) is 3.43. The second kappa shape index (κ2) is 10.1. The summed E-state index contributed by atoms with van der Waals surface area (Å²) in [7, 11) is 1.32. The van der Waals surface area contributed by atoms with Crippen molar-refractivity contribution in [3.63, 3.8) is 0 Å². The van der Waals surface area contributed by atoms with E-state index in [9.17, 15) is 14.4 Å². The maximum Gasteiger partial charge on any atom is 0.328 e. The highest BCUT2D eigenvalue weighted by atomic mass is 16.5. The quantitative estimate of drug-likeness (QED) is 0.542. The van der Waals surface area contributed by atoms with Crippen molar-refractivity contribution in [1.29, 1.82) is 0 Å². The van der Waals surface area contributed by atoms with Crippen LogP contribution in [0.1, 0.15) is 57.2 Å². The zero-order chi connectivity index (χ0) is 24.4. The zero-order valence-corrected chi connectivity index (χ0v) is 20.5. The molecule has 3 N–H and O–H groups in total. The van der Waals surface area contributed by atoms with E-state index >= 15 is 0 Å². The van der Waals surface area contributed by atoms with Crippen LogP contribution in [0.5, 0.6) is 0 Å². The molecular formula is C26H36N4O4. The van der Waals surface area contributed by atoms with E-state index in [1.807, 2.05) is 36.1 Å². The molecule has 1 aliphatic carbocycles. The van der Waals surface area contributed by atoms with Gasteiger partial charge in [0.2, 0.25) is 5.91 Å². The van der Waals surface area contributed by atoms with Gasteiger partial charge in [0.15, 0.2) is 0 Å². The molecule has 34 heavy (non-hydrogen) atoms. The van der Waals surface area contributed by atoms with Crippen molar-refractivity contribution in [1.82, 2.24) is 20.5 Å². The summed E-state index contributed by atoms with van der Waals surface area (Å²) in [6.07, 6.45) is 5.10. The summed E-state index contributed by atoms with van der Waals surface area (Å²) in [5.41, 5.74) is 2.90. The SMILES string of the molecule is COC(=O)[C@@H](Cc1c(C)[nH]c2ccccc12)NC(=O)C(NC(=O)N1[C@H](C)CCC[C@@H]1C)C1CC1. The van der Waals surface area contributed by atoms with Gasteiger partial charge >= 0.3 is 12.0 Å². The van der Waals surface area contributed by atoms with E-state index in [1.54, 1.807) is 0 Å². The number of hydrogen-bond donors (Lipinski definition) is 3. The van der Waals surface area contributed by atoms with Gasteiger partial charge in [-0.25, -0.2) is 9.59 Å². The zero-order valence-electron chi connectivity index (χ0n) is 20.5. The fourth-order valence-corrected chi connectivity index (χ4v) is 5.26. The molecule has 0 bridgehead atoms. The molecule has 2 fully saturated rings. The third kappa shape index (κ3) is 5.05. The molecule has 1 aliphatic heterocycles. The number of nitrogens with zero attached hydrogens (tertiary/aromatic N) is 1. The monoisotopic (exact) mass is 468 g/mol. The molecule has 2 heterocycles. The Morgan fingerprint density at radius 1 is 1.09 bits per heavy atom. The lowest BCUT2D eigenvalue weighted by Crippen LogP contribution is -2.58. The number of aromatic nitrogens is 1. The molecule has 2 aliphatic rings. The largest absolute Gasteiger partial charge is 0.467 e. The number of benzene rings is 1. The van der Waals surface area contributed by atoms with Gasteiger partial charge in [-0.05, 0) is 70.4 Å². The first-order chi connectivity index (χ1) is 16.3. The van der Waals surface area contributed by atoms with Gasteiger partial charge in [-0.1, -0.05) is 18.2 Å². The molecular weight excluding hydrogens is 432 g/mol. The first kappa shape index (κ1) is 24.1. The summed E-state index contributed by atoms with van der Waals surface area (Å²) in [5, 5.41) is 6.89. The first-order valence-corrected chi connectivity index (χ1v) is 12.3. The molecule has 8 nitrogen and oxygen atoms in total. The molecule has 8 heteroatoms. The van der Waals surface area contributed by atoms with Gasteiger partial charge in [-0.2, -0.15) is 0 Å². The van der Waals surface area contributed by atoms with Crippen LogP contribution >= 0.6 is 0 Å². The number of para-hydroxylation sites is 1. The number of ether oxygens (including phenoxy) is 1. The molecule has 3 amide bonds. The normalized spacial score (nSPS) is 22.2. The third-order valence-electron chi connectivity index (χ3n) is 7.32. The number of amides is 3. The van der Waals surface area contributed by atoms with Gasteiger partial charge in [-0.15, -0.1) is 0 Å². The molecule has 2 aromatic rings. The number of piperidine rings is 1. The topological polar surface area (TPSA) is 104 Å². The number of rotatable bonds is 7. The fourth-order valence-electron chi connectivity index (χ4n) is 5.26. The van der Waals surface area contributed by atoms with E-state index in [0.717, 1.165) is 54.3 Å². The Kier molecular flexibility index (Phi) is 7.14. The number of fused-ring (bicyclic) bond motifs is 1. The van der Waals surface area contributed by atoms with Gasteiger partial charge in [0.1, 0.15) is 12.1 Å². The lowest BCUT2D eigenvalue weighted by molar-refractivity contribution is -0.145. The van der Waals surface area contributed by atoms with Gasteiger partial charge in [0.25, 0.3) is 0 Å². The number of urea groups is 1. The minimum Gasteiger partial charge on any atom is -0.467 e. The first-order valence-electron chi connectivity index (χ1n) is 12.3. The average Bonchev–Trinajstić information content (AvgIpc) is 3.60. The van der Waals surface area contributed by atoms with Crippen LogP contribution in [0.15, 0.2) is 24.3 Å². The van der Waals surface area contributed by atoms with Crippen LogP contribution in [0.2, 0.25) is 0 Å². The van der Waals surface area contributed by atoms with Crippen LogP contribution in [-0.2, 0) is 20.7 Å². The molecule has 0 spiro atoms. The Hall–Kier alpha value is -3.03. The van der Waals surface area contributed by atoms with Crippen LogP contribution in [-0.4, -0.2) is 59.1 Å². The van der Waals surface area contributed by atoms with Crippen molar-refractivity contribution in [3.05, 3.63) is 35.5 Å². The summed E-state index contributed by atoms with van der Waals surface area (Å²) in [6.45, 7) is 6.07. The van der Waals surface area contributed by atoms with E-state index in [1.165, 1.54) is 7.11 Å². The number of likely N-dealkylation sites (tertiary alicyclic amines) is 1. The lowest BCUT2D eigenvalue weighted by atomic mass is 9.98. The number of carbonyl (C=O) groups excluding carboxylic acids is 3. The summed E-state index contributed by atoms with van der Waals surface area (Å²) in [4.78, 5) is 44.3. The van der Waals surface area contributed by atoms with Gasteiger partial charge in [0.05, 0.1) is 7.11 Å². The second-order valence-corrected chi connectivity index (χ2v) is 9.86. The molecule has 0 radical (unpaired) electrons. The standard InChI is InChI=1S/C26H36N4O4/c1-15-8-7-9-16(2)30(15)26(33)29-23(18-12-13-18)24(31)28-22(25(32)34-4)14-20-17(3)27-21-11-6-5-10-19(20)21/h5-6,10-11,15-16,18,22-23,27H,7-9,12-14H2,1-4H3,(H,28,31)(H,29,33)/t15-,16+,22-,23?/m1/s1. The number of aryl methyl sites for hydroxylation is 1. The Morgan fingerprint density at radius 3 is 2.41 bits per heavy atom. The highest BCUT2D eigenvalue weighted by molar-refractivity contribution is 5.92. The van der Waals surface area contributed by atoms with Crippen molar-refractivity contribution in [2.45, 2.75) is 83.5 Å². The van der Waals surface area contributed by atoms with E-state index in [-0.39, 0.29) is 29.9 Å². The fraction of sp³-hybridized carbons (Fsp3) is 0.577. The highest BCUT2D eigenvalue weighted by Crippen LogP contribution is 2.33. The predicted molar refractivity (Wildman–Crippen MR) is 130 cm³/mol. The van der Waals surface area contributed by atoms with Crippen LogP contribution in [0.4, 0.5) is 4.79 Å². The smallest absolute Gasteiger partial charge is 0.328 e. The molecule has 4 atom stereocenters. The minimum atomic E-state index is -0.846. The molecule has 1 aromatic carbocycles. The van der Waals surface area contributed by atoms with Crippen molar-refractivity contribution in [3.8, 4) is 0 Å². The number of aromatic amines is 1. The van der Waals surface area contributed by atoms with Gasteiger partial charge < -0.3 is 25.3 Å². The Balaban J connectivity index is 1.50. The maximum atomic E-state index is 13.4. The van der Waals surface area contributed by atoms with Crippen LogP contribution in [0.3, 0.4) is 0 Å². The van der Waals surface area contributed by atoms with E-state index in [4.69, 9.17) is 4.74 Å².